The molecule has 0 aliphatic rings. The van der Waals surface area contributed by atoms with Gasteiger partial charge in [-0.15, -0.1) is 0 Å². The molecule has 0 aliphatic carbocycles. The Balaban J connectivity index is 2.52. The third-order valence-corrected chi connectivity index (χ3v) is 2.40. The van der Waals surface area contributed by atoms with Crippen LogP contribution in [0.1, 0.15) is 22.8 Å². The molecule has 1 aromatic carbocycles. The number of amides is 1. The van der Waals surface area contributed by atoms with E-state index in [1.54, 1.807) is 19.2 Å². The highest BCUT2D eigenvalue weighted by atomic mass is 16.5. The summed E-state index contributed by atoms with van der Waals surface area (Å²) in [6.45, 7) is 2.90. The topological polar surface area (TPSA) is 64.3 Å². The van der Waals surface area contributed by atoms with Crippen LogP contribution in [-0.4, -0.2) is 25.7 Å². The molecule has 0 spiro atoms. The first kappa shape index (κ1) is 12.7. The van der Waals surface area contributed by atoms with Crippen LogP contribution in [0, 0.1) is 0 Å². The van der Waals surface area contributed by atoms with Gasteiger partial charge in [-0.05, 0) is 24.6 Å². The number of carbonyl (C=O) groups excluding carboxylic acids is 1. The normalized spacial score (nSPS) is 12.2. The number of ether oxygens (including phenoxy) is 1. The van der Waals surface area contributed by atoms with Crippen molar-refractivity contribution in [2.24, 2.45) is 5.73 Å². The predicted molar refractivity (Wildman–Crippen MR) is 63.1 cm³/mol. The third kappa shape index (κ3) is 3.64. The Morgan fingerprint density at radius 1 is 1.44 bits per heavy atom. The number of methoxy groups -OCH3 is 1. The van der Waals surface area contributed by atoms with Gasteiger partial charge in [0.1, 0.15) is 0 Å². The van der Waals surface area contributed by atoms with Gasteiger partial charge in [0.25, 0.3) is 5.91 Å². The van der Waals surface area contributed by atoms with E-state index in [1.165, 1.54) is 0 Å². The van der Waals surface area contributed by atoms with Gasteiger partial charge in [-0.25, -0.2) is 0 Å². The average Bonchev–Trinajstić information content (AvgIpc) is 2.35. The van der Waals surface area contributed by atoms with E-state index < -0.39 is 0 Å². The minimum absolute atomic E-state index is 0.0206. The number of carbonyl (C=O) groups is 1. The number of nitrogens with one attached hydrogen (secondary N) is 1. The monoisotopic (exact) mass is 222 g/mol. The second-order valence-electron chi connectivity index (χ2n) is 3.66. The van der Waals surface area contributed by atoms with E-state index in [9.17, 15) is 4.79 Å². The minimum atomic E-state index is -0.0903. The smallest absolute Gasteiger partial charge is 0.251 e. The van der Waals surface area contributed by atoms with Crippen molar-refractivity contribution in [2.75, 3.05) is 13.7 Å². The summed E-state index contributed by atoms with van der Waals surface area (Å²) in [5.41, 5.74) is 7.13. The number of rotatable bonds is 5. The highest BCUT2D eigenvalue weighted by Crippen LogP contribution is 2.03. The molecule has 0 saturated carbocycles. The quantitative estimate of drug-likeness (QED) is 0.778. The maximum atomic E-state index is 11.7. The van der Waals surface area contributed by atoms with Crippen LogP contribution in [0.5, 0.6) is 0 Å². The minimum Gasteiger partial charge on any atom is -0.380 e. The molecule has 0 radical (unpaired) electrons. The molecule has 0 fully saturated rings. The molecule has 1 rings (SSSR count). The summed E-state index contributed by atoms with van der Waals surface area (Å²) in [5, 5.41) is 2.79. The molecule has 4 nitrogen and oxygen atoms in total. The highest BCUT2D eigenvalue weighted by Gasteiger charge is 2.06. The van der Waals surface area contributed by atoms with E-state index in [0.717, 1.165) is 5.56 Å². The first-order valence-corrected chi connectivity index (χ1v) is 5.27. The van der Waals surface area contributed by atoms with Crippen molar-refractivity contribution < 1.29 is 9.53 Å². The molecular formula is C12H18N2O2. The van der Waals surface area contributed by atoms with Gasteiger partial charge >= 0.3 is 0 Å². The van der Waals surface area contributed by atoms with Crippen molar-refractivity contribution in [1.82, 2.24) is 5.32 Å². The lowest BCUT2D eigenvalue weighted by Gasteiger charge is -2.10. The lowest BCUT2D eigenvalue weighted by molar-refractivity contribution is 0.0870. The number of nitrogens with two attached hydrogens (primary N) is 1. The van der Waals surface area contributed by atoms with Crippen LogP contribution >= 0.6 is 0 Å². The Morgan fingerprint density at radius 2 is 2.06 bits per heavy atom. The standard InChI is InChI=1S/C12H18N2O2/c1-9(16-2)8-14-12(15)11-5-3-10(7-13)4-6-11/h3-6,9H,7-8,13H2,1-2H3,(H,14,15). The molecule has 4 heteroatoms. The molecule has 0 aliphatic heterocycles. The van der Waals surface area contributed by atoms with Crippen LogP contribution < -0.4 is 11.1 Å². The molecule has 0 heterocycles. The fraction of sp³-hybridized carbons (Fsp3) is 0.417. The molecule has 0 bridgehead atoms. The molecule has 1 aromatic rings. The highest BCUT2D eigenvalue weighted by molar-refractivity contribution is 5.94. The molecule has 0 aromatic heterocycles. The largest absolute Gasteiger partial charge is 0.380 e. The number of benzene rings is 1. The van der Waals surface area contributed by atoms with Gasteiger partial charge < -0.3 is 15.8 Å². The van der Waals surface area contributed by atoms with Crippen molar-refractivity contribution in [3.05, 3.63) is 35.4 Å². The molecule has 0 saturated heterocycles. The van der Waals surface area contributed by atoms with Gasteiger partial charge in [0.15, 0.2) is 0 Å². The SMILES string of the molecule is COC(C)CNC(=O)c1ccc(CN)cc1. The van der Waals surface area contributed by atoms with Crippen LogP contribution in [0.4, 0.5) is 0 Å². The Hall–Kier alpha value is -1.39. The summed E-state index contributed by atoms with van der Waals surface area (Å²) >= 11 is 0. The molecule has 1 amide bonds. The molecule has 88 valence electrons. The Kier molecular flexibility index (Phi) is 4.95. The van der Waals surface area contributed by atoms with Gasteiger partial charge in [-0.3, -0.25) is 4.79 Å². The maximum Gasteiger partial charge on any atom is 0.251 e. The summed E-state index contributed by atoms with van der Waals surface area (Å²) in [7, 11) is 1.62. The van der Waals surface area contributed by atoms with Crippen LogP contribution in [0.15, 0.2) is 24.3 Å². The fourth-order valence-electron chi connectivity index (χ4n) is 1.21. The zero-order valence-electron chi connectivity index (χ0n) is 9.69. The summed E-state index contributed by atoms with van der Waals surface area (Å²) < 4.78 is 5.04. The summed E-state index contributed by atoms with van der Waals surface area (Å²) in [5.74, 6) is -0.0903. The lowest BCUT2D eigenvalue weighted by Crippen LogP contribution is -2.31. The van der Waals surface area contributed by atoms with E-state index in [-0.39, 0.29) is 12.0 Å². The summed E-state index contributed by atoms with van der Waals surface area (Å²) in [6, 6.07) is 7.26. The third-order valence-electron chi connectivity index (χ3n) is 2.40. The van der Waals surface area contributed by atoms with Gasteiger partial charge in [-0.1, -0.05) is 12.1 Å². The second kappa shape index (κ2) is 6.25. The molecule has 1 unspecified atom stereocenters. The molecular weight excluding hydrogens is 204 g/mol. The lowest BCUT2D eigenvalue weighted by atomic mass is 10.1. The van der Waals surface area contributed by atoms with Gasteiger partial charge in [0.2, 0.25) is 0 Å². The van der Waals surface area contributed by atoms with Gasteiger partial charge in [-0.2, -0.15) is 0 Å². The summed E-state index contributed by atoms with van der Waals surface area (Å²) in [4.78, 5) is 11.7. The Morgan fingerprint density at radius 3 is 2.56 bits per heavy atom. The molecule has 3 N–H and O–H groups in total. The first-order chi connectivity index (χ1) is 7.67. The van der Waals surface area contributed by atoms with Crippen LogP contribution in [0.3, 0.4) is 0 Å². The fourth-order valence-corrected chi connectivity index (χ4v) is 1.21. The second-order valence-corrected chi connectivity index (χ2v) is 3.66. The number of hydrogen-bond donors (Lipinski definition) is 2. The Bertz CT molecular complexity index is 335. The summed E-state index contributed by atoms with van der Waals surface area (Å²) in [6.07, 6.45) is 0.0206. The van der Waals surface area contributed by atoms with Crippen molar-refractivity contribution in [1.29, 1.82) is 0 Å². The van der Waals surface area contributed by atoms with Crippen LogP contribution in [0.2, 0.25) is 0 Å². The van der Waals surface area contributed by atoms with Crippen molar-refractivity contribution in [3.8, 4) is 0 Å². The van der Waals surface area contributed by atoms with Crippen LogP contribution in [0.25, 0.3) is 0 Å². The zero-order chi connectivity index (χ0) is 12.0. The van der Waals surface area contributed by atoms with Crippen molar-refractivity contribution in [3.63, 3.8) is 0 Å². The average molecular weight is 222 g/mol. The first-order valence-electron chi connectivity index (χ1n) is 5.27. The molecule has 16 heavy (non-hydrogen) atoms. The molecule has 1 atom stereocenters. The van der Waals surface area contributed by atoms with Crippen LogP contribution in [-0.2, 0) is 11.3 Å². The van der Waals surface area contributed by atoms with E-state index in [2.05, 4.69) is 5.32 Å². The van der Waals surface area contributed by atoms with Crippen molar-refractivity contribution >= 4 is 5.91 Å². The zero-order valence-corrected chi connectivity index (χ0v) is 9.69. The van der Waals surface area contributed by atoms with E-state index in [1.807, 2.05) is 19.1 Å². The predicted octanol–water partition coefficient (Wildman–Crippen LogP) is 0.910. The van der Waals surface area contributed by atoms with Gasteiger partial charge in [0.05, 0.1) is 6.10 Å². The van der Waals surface area contributed by atoms with E-state index >= 15 is 0 Å². The van der Waals surface area contributed by atoms with Crippen molar-refractivity contribution in [2.45, 2.75) is 19.6 Å². The maximum absolute atomic E-state index is 11.7. The van der Waals surface area contributed by atoms with E-state index in [0.29, 0.717) is 18.7 Å². The van der Waals surface area contributed by atoms with Gasteiger partial charge in [0, 0.05) is 25.8 Å². The van der Waals surface area contributed by atoms with E-state index in [4.69, 9.17) is 10.5 Å². The number of hydrogen-bond acceptors (Lipinski definition) is 3. The Labute approximate surface area is 95.8 Å².